The molecule has 2 aliphatic heterocycles. The van der Waals surface area contributed by atoms with Crippen molar-refractivity contribution in [3.63, 3.8) is 0 Å². The van der Waals surface area contributed by atoms with Crippen LogP contribution < -0.4 is 0 Å². The Morgan fingerprint density at radius 3 is 2.39 bits per heavy atom. The molecule has 0 aromatic heterocycles. The second-order valence-corrected chi connectivity index (χ2v) is 7.07. The van der Waals surface area contributed by atoms with Gasteiger partial charge in [0.15, 0.2) is 0 Å². The average Bonchev–Trinajstić information content (AvgIpc) is 2.58. The Hall–Kier alpha value is -1.61. The number of rotatable bonds is 3. The van der Waals surface area contributed by atoms with Crippen molar-refractivity contribution in [1.82, 2.24) is 9.80 Å². The molecule has 2 heterocycles. The number of nitrogens with zero attached hydrogens (tertiary/aromatic N) is 2. The Labute approximate surface area is 140 Å². The first-order chi connectivity index (χ1) is 11.2. The Morgan fingerprint density at radius 2 is 1.74 bits per heavy atom. The molecule has 0 unspecified atom stereocenters. The molecule has 0 atom stereocenters. The summed E-state index contributed by atoms with van der Waals surface area (Å²) < 4.78 is 0. The van der Waals surface area contributed by atoms with Crippen LogP contribution >= 0.6 is 0 Å². The standard InChI is InChI=1S/C20H28N2O/c1-17-7-13-22(14-8-17)20(23)15-18-9-11-21(12-10-18)16-19-5-3-2-4-6-19/h2-6,15,17H,7-14,16H2,1H3. The first-order valence-electron chi connectivity index (χ1n) is 8.95. The molecule has 0 N–H and O–H groups in total. The van der Waals surface area contributed by atoms with Crippen LogP contribution in [0.25, 0.3) is 0 Å². The van der Waals surface area contributed by atoms with Gasteiger partial charge in [-0.3, -0.25) is 9.69 Å². The fourth-order valence-corrected chi connectivity index (χ4v) is 3.48. The van der Waals surface area contributed by atoms with E-state index in [4.69, 9.17) is 0 Å². The van der Waals surface area contributed by atoms with Gasteiger partial charge in [-0.25, -0.2) is 0 Å². The maximum Gasteiger partial charge on any atom is 0.246 e. The number of hydrogen-bond acceptors (Lipinski definition) is 2. The predicted octanol–water partition coefficient (Wildman–Crippen LogP) is 3.47. The third-order valence-corrected chi connectivity index (χ3v) is 5.17. The molecule has 1 aromatic rings. The van der Waals surface area contributed by atoms with Crippen molar-refractivity contribution >= 4 is 5.91 Å². The van der Waals surface area contributed by atoms with E-state index in [1.54, 1.807) is 0 Å². The number of hydrogen-bond donors (Lipinski definition) is 0. The normalized spacial score (nSPS) is 20.6. The number of carbonyl (C=O) groups is 1. The highest BCUT2D eigenvalue weighted by atomic mass is 16.2. The van der Waals surface area contributed by atoms with E-state index in [1.165, 1.54) is 11.1 Å². The zero-order valence-corrected chi connectivity index (χ0v) is 14.2. The summed E-state index contributed by atoms with van der Waals surface area (Å²) in [6.07, 6.45) is 6.29. The van der Waals surface area contributed by atoms with Crippen LogP contribution in [-0.2, 0) is 11.3 Å². The van der Waals surface area contributed by atoms with Gasteiger partial charge in [0, 0.05) is 38.8 Å². The highest BCUT2D eigenvalue weighted by molar-refractivity contribution is 5.88. The summed E-state index contributed by atoms with van der Waals surface area (Å²) in [7, 11) is 0. The lowest BCUT2D eigenvalue weighted by Gasteiger charge is -2.31. The Morgan fingerprint density at radius 1 is 1.09 bits per heavy atom. The molecule has 3 nitrogen and oxygen atoms in total. The van der Waals surface area contributed by atoms with E-state index in [0.29, 0.717) is 0 Å². The molecule has 3 rings (SSSR count). The number of amides is 1. The van der Waals surface area contributed by atoms with Crippen LogP contribution in [0.4, 0.5) is 0 Å². The molecular formula is C20H28N2O. The largest absolute Gasteiger partial charge is 0.339 e. The van der Waals surface area contributed by atoms with E-state index in [-0.39, 0.29) is 5.91 Å². The quantitative estimate of drug-likeness (QED) is 0.798. The van der Waals surface area contributed by atoms with E-state index in [9.17, 15) is 4.79 Å². The first kappa shape index (κ1) is 16.3. The lowest BCUT2D eigenvalue weighted by molar-refractivity contribution is -0.127. The van der Waals surface area contributed by atoms with E-state index >= 15 is 0 Å². The van der Waals surface area contributed by atoms with Crippen LogP contribution in [0.5, 0.6) is 0 Å². The summed E-state index contributed by atoms with van der Waals surface area (Å²) in [6, 6.07) is 10.6. The molecule has 0 radical (unpaired) electrons. The topological polar surface area (TPSA) is 23.6 Å². The highest BCUT2D eigenvalue weighted by Gasteiger charge is 2.20. The Kier molecular flexibility index (Phi) is 5.50. The lowest BCUT2D eigenvalue weighted by Crippen LogP contribution is -2.37. The molecule has 1 aromatic carbocycles. The number of likely N-dealkylation sites (tertiary alicyclic amines) is 2. The van der Waals surface area contributed by atoms with Crippen molar-refractivity contribution in [2.45, 2.75) is 39.2 Å². The Bertz CT molecular complexity index is 534. The SMILES string of the molecule is CC1CCN(C(=O)C=C2CCN(Cc3ccccc3)CC2)CC1. The van der Waals surface area contributed by atoms with Crippen LogP contribution in [0.15, 0.2) is 42.0 Å². The number of benzene rings is 1. The van der Waals surface area contributed by atoms with Gasteiger partial charge in [0.1, 0.15) is 0 Å². The minimum Gasteiger partial charge on any atom is -0.339 e. The van der Waals surface area contributed by atoms with Gasteiger partial charge in [-0.1, -0.05) is 42.8 Å². The van der Waals surface area contributed by atoms with Gasteiger partial charge in [-0.05, 0) is 37.2 Å². The predicted molar refractivity (Wildman–Crippen MR) is 94.0 cm³/mol. The van der Waals surface area contributed by atoms with E-state index < -0.39 is 0 Å². The van der Waals surface area contributed by atoms with Crippen LogP contribution in [0, 0.1) is 5.92 Å². The Balaban J connectivity index is 1.47. The lowest BCUT2D eigenvalue weighted by atomic mass is 9.98. The zero-order chi connectivity index (χ0) is 16.1. The zero-order valence-electron chi connectivity index (χ0n) is 14.2. The van der Waals surface area contributed by atoms with E-state index in [1.807, 2.05) is 11.0 Å². The molecule has 2 saturated heterocycles. The molecule has 1 amide bonds. The maximum atomic E-state index is 12.4. The van der Waals surface area contributed by atoms with Crippen LogP contribution in [0.1, 0.15) is 38.2 Å². The van der Waals surface area contributed by atoms with Gasteiger partial charge < -0.3 is 4.90 Å². The van der Waals surface area contributed by atoms with Crippen LogP contribution in [0.3, 0.4) is 0 Å². The van der Waals surface area contributed by atoms with Crippen molar-refractivity contribution in [3.05, 3.63) is 47.5 Å². The minimum atomic E-state index is 0.239. The first-order valence-corrected chi connectivity index (χ1v) is 8.95. The van der Waals surface area contributed by atoms with Gasteiger partial charge in [-0.15, -0.1) is 0 Å². The number of piperidine rings is 2. The van der Waals surface area contributed by atoms with E-state index in [2.05, 4.69) is 42.2 Å². The molecule has 3 heteroatoms. The van der Waals surface area contributed by atoms with E-state index in [0.717, 1.165) is 64.3 Å². The summed E-state index contributed by atoms with van der Waals surface area (Å²) in [5.74, 6) is 1.01. The van der Waals surface area contributed by atoms with Crippen molar-refractivity contribution in [2.75, 3.05) is 26.2 Å². The fraction of sp³-hybridized carbons (Fsp3) is 0.550. The van der Waals surface area contributed by atoms with Gasteiger partial charge in [0.05, 0.1) is 0 Å². The number of carbonyl (C=O) groups excluding carboxylic acids is 1. The second-order valence-electron chi connectivity index (χ2n) is 7.07. The van der Waals surface area contributed by atoms with Crippen molar-refractivity contribution in [2.24, 2.45) is 5.92 Å². The second kappa shape index (κ2) is 7.78. The summed E-state index contributed by atoms with van der Waals surface area (Å²) in [5, 5.41) is 0. The van der Waals surface area contributed by atoms with Gasteiger partial charge >= 0.3 is 0 Å². The highest BCUT2D eigenvalue weighted by Crippen LogP contribution is 2.20. The summed E-state index contributed by atoms with van der Waals surface area (Å²) in [5.41, 5.74) is 2.70. The molecule has 0 bridgehead atoms. The third-order valence-electron chi connectivity index (χ3n) is 5.17. The molecule has 124 valence electrons. The molecule has 0 spiro atoms. The average molecular weight is 312 g/mol. The molecule has 0 saturated carbocycles. The van der Waals surface area contributed by atoms with Crippen LogP contribution in [-0.4, -0.2) is 41.9 Å². The van der Waals surface area contributed by atoms with Gasteiger partial charge in [0.2, 0.25) is 5.91 Å². The van der Waals surface area contributed by atoms with Crippen LogP contribution in [0.2, 0.25) is 0 Å². The van der Waals surface area contributed by atoms with Gasteiger partial charge in [0.25, 0.3) is 0 Å². The molecule has 2 fully saturated rings. The molecular weight excluding hydrogens is 284 g/mol. The summed E-state index contributed by atoms with van der Waals surface area (Å²) >= 11 is 0. The maximum absolute atomic E-state index is 12.4. The third kappa shape index (κ3) is 4.68. The van der Waals surface area contributed by atoms with Crippen molar-refractivity contribution in [1.29, 1.82) is 0 Å². The minimum absolute atomic E-state index is 0.239. The molecule has 0 aliphatic carbocycles. The van der Waals surface area contributed by atoms with Crippen molar-refractivity contribution < 1.29 is 4.79 Å². The van der Waals surface area contributed by atoms with Gasteiger partial charge in [-0.2, -0.15) is 0 Å². The molecule has 2 aliphatic rings. The summed E-state index contributed by atoms with van der Waals surface area (Å²) in [4.78, 5) is 16.9. The smallest absolute Gasteiger partial charge is 0.246 e. The monoisotopic (exact) mass is 312 g/mol. The summed E-state index contributed by atoms with van der Waals surface area (Å²) in [6.45, 7) is 7.29. The molecule has 23 heavy (non-hydrogen) atoms. The van der Waals surface area contributed by atoms with Crippen molar-refractivity contribution in [3.8, 4) is 0 Å². The fourth-order valence-electron chi connectivity index (χ4n) is 3.48.